The van der Waals surface area contributed by atoms with Crippen molar-refractivity contribution >= 4 is 17.3 Å². The van der Waals surface area contributed by atoms with E-state index in [1.165, 1.54) is 6.07 Å². The van der Waals surface area contributed by atoms with E-state index in [2.05, 4.69) is 5.32 Å². The van der Waals surface area contributed by atoms with Crippen molar-refractivity contribution in [3.63, 3.8) is 0 Å². The molecule has 0 aliphatic carbocycles. The first-order valence-corrected chi connectivity index (χ1v) is 7.70. The summed E-state index contributed by atoms with van der Waals surface area (Å²) in [6.07, 6.45) is 0.849. The highest BCUT2D eigenvalue weighted by Crippen LogP contribution is 2.25. The number of nitrogens with zero attached hydrogens (tertiary/aromatic N) is 1. The molecule has 0 fully saturated rings. The quantitative estimate of drug-likeness (QED) is 0.473. The molecule has 2 rings (SSSR count). The Labute approximate surface area is 140 Å². The molecule has 0 aromatic heterocycles. The molecule has 1 amide bonds. The normalized spacial score (nSPS) is 10.2. The first-order chi connectivity index (χ1) is 11.5. The molecule has 2 aromatic rings. The van der Waals surface area contributed by atoms with Crippen LogP contribution in [0.3, 0.4) is 0 Å². The summed E-state index contributed by atoms with van der Waals surface area (Å²) in [5.41, 5.74) is 2.07. The average molecular weight is 328 g/mol. The van der Waals surface area contributed by atoms with E-state index in [9.17, 15) is 14.9 Å². The molecule has 0 saturated heterocycles. The Balaban J connectivity index is 1.80. The second-order valence-corrected chi connectivity index (χ2v) is 5.52. The molecular formula is C18H20N2O4. The number of carbonyl (C=O) groups is 1. The van der Waals surface area contributed by atoms with Gasteiger partial charge >= 0.3 is 0 Å². The van der Waals surface area contributed by atoms with Crippen molar-refractivity contribution < 1.29 is 14.5 Å². The zero-order valence-corrected chi connectivity index (χ0v) is 13.7. The Morgan fingerprint density at radius 1 is 1.17 bits per heavy atom. The number of nitrogens with one attached hydrogen (secondary N) is 1. The predicted molar refractivity (Wildman–Crippen MR) is 92.4 cm³/mol. The number of amides is 1. The number of ether oxygens (including phenoxy) is 1. The van der Waals surface area contributed by atoms with E-state index in [0.717, 1.165) is 11.3 Å². The minimum atomic E-state index is -0.458. The number of hydrogen-bond donors (Lipinski definition) is 1. The lowest BCUT2D eigenvalue weighted by Gasteiger charge is -2.09. The van der Waals surface area contributed by atoms with Gasteiger partial charge in [0.25, 0.3) is 5.69 Å². The summed E-state index contributed by atoms with van der Waals surface area (Å²) in [7, 11) is 0. The number of benzene rings is 2. The molecule has 0 spiro atoms. The van der Waals surface area contributed by atoms with E-state index < -0.39 is 4.92 Å². The second kappa shape index (κ2) is 8.10. The van der Waals surface area contributed by atoms with Crippen LogP contribution in [-0.4, -0.2) is 17.4 Å². The number of nitro benzene ring substituents is 1. The molecule has 24 heavy (non-hydrogen) atoms. The summed E-state index contributed by atoms with van der Waals surface area (Å²) in [6, 6.07) is 12.3. The van der Waals surface area contributed by atoms with Crippen LogP contribution in [0.4, 0.5) is 11.4 Å². The molecule has 1 N–H and O–H groups in total. The van der Waals surface area contributed by atoms with Gasteiger partial charge in [-0.3, -0.25) is 14.9 Å². The fraction of sp³-hybridized carbons (Fsp3) is 0.278. The predicted octanol–water partition coefficient (Wildman–Crippen LogP) is 4.01. The van der Waals surface area contributed by atoms with Crippen LogP contribution < -0.4 is 10.1 Å². The Bertz CT molecular complexity index is 726. The van der Waals surface area contributed by atoms with Gasteiger partial charge in [-0.25, -0.2) is 0 Å². The molecule has 6 nitrogen and oxygen atoms in total. The molecule has 0 aliphatic rings. The Morgan fingerprint density at radius 3 is 2.54 bits per heavy atom. The highest BCUT2D eigenvalue weighted by molar-refractivity contribution is 5.92. The topological polar surface area (TPSA) is 81.5 Å². The molecule has 0 unspecified atom stereocenters. The molecule has 0 saturated carbocycles. The fourth-order valence-electron chi connectivity index (χ4n) is 2.23. The second-order valence-electron chi connectivity index (χ2n) is 5.52. The van der Waals surface area contributed by atoms with Gasteiger partial charge in [-0.1, -0.05) is 23.8 Å². The number of anilines is 1. The SMILES string of the molecule is Cc1ccc(OCCCC(=O)Nc2cccc([N+](=O)[O-])c2C)cc1. The first kappa shape index (κ1) is 17.5. The van der Waals surface area contributed by atoms with E-state index in [1.54, 1.807) is 19.1 Å². The highest BCUT2D eigenvalue weighted by atomic mass is 16.6. The van der Waals surface area contributed by atoms with Crippen LogP contribution in [0.2, 0.25) is 0 Å². The van der Waals surface area contributed by atoms with Gasteiger partial charge in [0.1, 0.15) is 5.75 Å². The summed E-state index contributed by atoms with van der Waals surface area (Å²) in [4.78, 5) is 22.4. The third-order valence-corrected chi connectivity index (χ3v) is 3.61. The Kier molecular flexibility index (Phi) is 5.89. The van der Waals surface area contributed by atoms with Gasteiger partial charge in [-0.15, -0.1) is 0 Å². The lowest BCUT2D eigenvalue weighted by molar-refractivity contribution is -0.385. The van der Waals surface area contributed by atoms with Crippen LogP contribution in [-0.2, 0) is 4.79 Å². The zero-order valence-electron chi connectivity index (χ0n) is 13.7. The maximum Gasteiger partial charge on any atom is 0.274 e. The minimum Gasteiger partial charge on any atom is -0.494 e. The van der Waals surface area contributed by atoms with E-state index in [1.807, 2.05) is 31.2 Å². The summed E-state index contributed by atoms with van der Waals surface area (Å²) in [5, 5.41) is 13.6. The van der Waals surface area contributed by atoms with Crippen molar-refractivity contribution in [2.24, 2.45) is 0 Å². The molecule has 0 aliphatic heterocycles. The third-order valence-electron chi connectivity index (χ3n) is 3.61. The lowest BCUT2D eigenvalue weighted by Crippen LogP contribution is -2.14. The van der Waals surface area contributed by atoms with Gasteiger partial charge in [0, 0.05) is 12.5 Å². The van der Waals surface area contributed by atoms with Crippen LogP contribution >= 0.6 is 0 Å². The van der Waals surface area contributed by atoms with Gasteiger partial charge in [0.15, 0.2) is 0 Å². The van der Waals surface area contributed by atoms with E-state index in [-0.39, 0.29) is 18.0 Å². The Hall–Kier alpha value is -2.89. The summed E-state index contributed by atoms with van der Waals surface area (Å²) >= 11 is 0. The molecule has 126 valence electrons. The number of rotatable bonds is 7. The summed E-state index contributed by atoms with van der Waals surface area (Å²) in [6.45, 7) is 4.06. The van der Waals surface area contributed by atoms with Gasteiger partial charge in [-0.05, 0) is 38.5 Å². The monoisotopic (exact) mass is 328 g/mol. The fourth-order valence-corrected chi connectivity index (χ4v) is 2.23. The molecule has 0 bridgehead atoms. The summed E-state index contributed by atoms with van der Waals surface area (Å²) in [5.74, 6) is 0.585. The highest BCUT2D eigenvalue weighted by Gasteiger charge is 2.14. The van der Waals surface area contributed by atoms with Crippen LogP contribution in [0.25, 0.3) is 0 Å². The van der Waals surface area contributed by atoms with Gasteiger partial charge in [0.05, 0.1) is 22.8 Å². The smallest absolute Gasteiger partial charge is 0.274 e. The molecule has 6 heteroatoms. The minimum absolute atomic E-state index is 0.00416. The molecule has 2 aromatic carbocycles. The number of nitro groups is 1. The summed E-state index contributed by atoms with van der Waals surface area (Å²) < 4.78 is 5.57. The van der Waals surface area contributed by atoms with Crippen molar-refractivity contribution in [3.05, 3.63) is 63.7 Å². The number of aryl methyl sites for hydroxylation is 1. The van der Waals surface area contributed by atoms with Crippen LogP contribution in [0.5, 0.6) is 5.75 Å². The zero-order chi connectivity index (χ0) is 17.5. The maximum atomic E-state index is 12.0. The van der Waals surface area contributed by atoms with Crippen LogP contribution in [0, 0.1) is 24.0 Å². The molecular weight excluding hydrogens is 308 g/mol. The lowest BCUT2D eigenvalue weighted by atomic mass is 10.1. The van der Waals surface area contributed by atoms with E-state index >= 15 is 0 Å². The van der Waals surface area contributed by atoms with E-state index in [4.69, 9.17) is 4.74 Å². The Morgan fingerprint density at radius 2 is 1.88 bits per heavy atom. The molecule has 0 atom stereocenters. The van der Waals surface area contributed by atoms with Crippen LogP contribution in [0.1, 0.15) is 24.0 Å². The van der Waals surface area contributed by atoms with Gasteiger partial charge in [-0.2, -0.15) is 0 Å². The number of hydrogen-bond acceptors (Lipinski definition) is 4. The van der Waals surface area contributed by atoms with Crippen molar-refractivity contribution in [1.82, 2.24) is 0 Å². The van der Waals surface area contributed by atoms with Crippen molar-refractivity contribution in [3.8, 4) is 5.75 Å². The standard InChI is InChI=1S/C18H20N2O4/c1-13-8-10-15(11-9-13)24-12-4-7-18(21)19-16-5-3-6-17(14(16)2)20(22)23/h3,5-6,8-11H,4,7,12H2,1-2H3,(H,19,21). The largest absolute Gasteiger partial charge is 0.494 e. The first-order valence-electron chi connectivity index (χ1n) is 7.70. The molecule has 0 heterocycles. The van der Waals surface area contributed by atoms with Gasteiger partial charge < -0.3 is 10.1 Å². The van der Waals surface area contributed by atoms with E-state index in [0.29, 0.717) is 24.3 Å². The van der Waals surface area contributed by atoms with Crippen molar-refractivity contribution in [1.29, 1.82) is 0 Å². The molecule has 0 radical (unpaired) electrons. The average Bonchev–Trinajstić information content (AvgIpc) is 2.55. The third kappa shape index (κ3) is 4.81. The van der Waals surface area contributed by atoms with Crippen LogP contribution in [0.15, 0.2) is 42.5 Å². The maximum absolute atomic E-state index is 12.0. The van der Waals surface area contributed by atoms with Crippen molar-refractivity contribution in [2.45, 2.75) is 26.7 Å². The van der Waals surface area contributed by atoms with Gasteiger partial charge in [0.2, 0.25) is 5.91 Å². The van der Waals surface area contributed by atoms with Crippen molar-refractivity contribution in [2.75, 3.05) is 11.9 Å². The number of carbonyl (C=O) groups excluding carboxylic acids is 1.